The molecule has 2 aromatic carbocycles. The largest absolute Gasteiger partial charge is 0.489 e. The highest BCUT2D eigenvalue weighted by Gasteiger charge is 2.10. The van der Waals surface area contributed by atoms with Crippen LogP contribution in [0.5, 0.6) is 5.75 Å². The quantitative estimate of drug-likeness (QED) is 0.411. The Bertz CT molecular complexity index is 1060. The molecule has 0 atom stereocenters. The third-order valence-corrected chi connectivity index (χ3v) is 4.43. The van der Waals surface area contributed by atoms with Crippen LogP contribution in [0, 0.1) is 0 Å². The average molecular weight is 426 g/mol. The first-order valence-corrected chi connectivity index (χ1v) is 9.51. The van der Waals surface area contributed by atoms with E-state index >= 15 is 0 Å². The molecule has 1 heterocycles. The summed E-state index contributed by atoms with van der Waals surface area (Å²) in [5.74, 6) is 1.32. The number of fused-ring (bicyclic) bond motifs is 1. The number of rotatable bonds is 7. The van der Waals surface area contributed by atoms with Crippen LogP contribution in [0.1, 0.15) is 24.7 Å². The number of para-hydroxylation sites is 1. The van der Waals surface area contributed by atoms with Crippen molar-refractivity contribution >= 4 is 33.0 Å². The monoisotopic (exact) mass is 425 g/mol. The minimum Gasteiger partial charge on any atom is -0.489 e. The Morgan fingerprint density at radius 3 is 2.89 bits per heavy atom. The Hall–Kier alpha value is -2.73. The van der Waals surface area contributed by atoms with Crippen LogP contribution in [0.15, 0.2) is 69.5 Å². The highest BCUT2D eigenvalue weighted by atomic mass is 79.9. The van der Waals surface area contributed by atoms with Gasteiger partial charge in [0.15, 0.2) is 0 Å². The first-order chi connectivity index (χ1) is 13.1. The molecule has 0 radical (unpaired) electrons. The molecule has 0 saturated carbocycles. The fourth-order valence-electron chi connectivity index (χ4n) is 2.69. The van der Waals surface area contributed by atoms with Crippen molar-refractivity contribution in [3.8, 4) is 5.75 Å². The molecular weight excluding hydrogens is 406 g/mol. The molecule has 0 unspecified atom stereocenters. The van der Waals surface area contributed by atoms with Gasteiger partial charge in [0.1, 0.15) is 18.2 Å². The molecule has 1 aromatic heterocycles. The summed E-state index contributed by atoms with van der Waals surface area (Å²) in [4.78, 5) is 17.6. The zero-order chi connectivity index (χ0) is 19.2. The second-order valence-corrected chi connectivity index (χ2v) is 6.85. The van der Waals surface area contributed by atoms with Crippen LogP contribution in [0.4, 0.5) is 0 Å². The molecule has 0 amide bonds. The van der Waals surface area contributed by atoms with Gasteiger partial charge in [-0.1, -0.05) is 47.6 Å². The minimum absolute atomic E-state index is 0.189. The maximum Gasteiger partial charge on any atom is 0.282 e. The maximum atomic E-state index is 13.0. The lowest BCUT2D eigenvalue weighted by atomic mass is 10.2. The van der Waals surface area contributed by atoms with Crippen LogP contribution in [0.3, 0.4) is 0 Å². The van der Waals surface area contributed by atoms with Crippen LogP contribution in [-0.2, 0) is 6.42 Å². The van der Waals surface area contributed by atoms with E-state index in [0.717, 1.165) is 16.5 Å². The predicted octanol–water partition coefficient (Wildman–Crippen LogP) is 4.56. The predicted molar refractivity (Wildman–Crippen MR) is 113 cm³/mol. The fraction of sp³-hybridized carbons (Fsp3) is 0.190. The summed E-state index contributed by atoms with van der Waals surface area (Å²) in [7, 11) is 0. The van der Waals surface area contributed by atoms with E-state index in [1.54, 1.807) is 18.4 Å². The van der Waals surface area contributed by atoms with Crippen molar-refractivity contribution in [3.63, 3.8) is 0 Å². The molecule has 3 rings (SSSR count). The van der Waals surface area contributed by atoms with Gasteiger partial charge in [0.2, 0.25) is 0 Å². The van der Waals surface area contributed by atoms with Gasteiger partial charge in [0.25, 0.3) is 5.56 Å². The lowest BCUT2D eigenvalue weighted by molar-refractivity contribution is 0.362. The van der Waals surface area contributed by atoms with Gasteiger partial charge in [0.05, 0.1) is 17.1 Å². The molecule has 0 aliphatic heterocycles. The van der Waals surface area contributed by atoms with Crippen LogP contribution in [0.2, 0.25) is 0 Å². The number of ether oxygens (including phenoxy) is 1. The van der Waals surface area contributed by atoms with Gasteiger partial charge in [-0.25, -0.2) is 4.98 Å². The zero-order valence-electron chi connectivity index (χ0n) is 15.1. The lowest BCUT2D eigenvalue weighted by Gasteiger charge is -2.09. The summed E-state index contributed by atoms with van der Waals surface area (Å²) in [6.07, 6.45) is 4.84. The number of nitrogens with zero attached hydrogens (tertiary/aromatic N) is 3. The summed E-state index contributed by atoms with van der Waals surface area (Å²) < 4.78 is 7.86. The van der Waals surface area contributed by atoms with Crippen LogP contribution < -0.4 is 10.3 Å². The summed E-state index contributed by atoms with van der Waals surface area (Å²) >= 11 is 3.41. The maximum absolute atomic E-state index is 13.0. The second kappa shape index (κ2) is 8.77. The molecule has 0 N–H and O–H groups in total. The lowest BCUT2D eigenvalue weighted by Crippen LogP contribution is -2.22. The highest BCUT2D eigenvalue weighted by molar-refractivity contribution is 9.10. The van der Waals surface area contributed by atoms with Gasteiger partial charge in [-0.15, -0.1) is 0 Å². The Morgan fingerprint density at radius 1 is 1.30 bits per heavy atom. The first kappa shape index (κ1) is 19.0. The highest BCUT2D eigenvalue weighted by Crippen LogP contribution is 2.18. The summed E-state index contributed by atoms with van der Waals surface area (Å²) in [5, 5.41) is 4.96. The summed E-state index contributed by atoms with van der Waals surface area (Å²) in [6, 6.07) is 13.0. The van der Waals surface area contributed by atoms with Crippen molar-refractivity contribution in [2.45, 2.75) is 19.8 Å². The van der Waals surface area contributed by atoms with E-state index in [1.807, 2.05) is 43.3 Å². The number of hydrogen-bond acceptors (Lipinski definition) is 4. The molecule has 0 aliphatic rings. The van der Waals surface area contributed by atoms with E-state index < -0.39 is 0 Å². The molecule has 0 bridgehead atoms. The van der Waals surface area contributed by atoms with Gasteiger partial charge in [0, 0.05) is 16.5 Å². The summed E-state index contributed by atoms with van der Waals surface area (Å²) in [6.45, 7) is 6.11. The third kappa shape index (κ3) is 4.34. The Morgan fingerprint density at radius 2 is 2.11 bits per heavy atom. The van der Waals surface area contributed by atoms with E-state index in [4.69, 9.17) is 4.74 Å². The third-order valence-electron chi connectivity index (χ3n) is 3.94. The molecule has 5 nitrogen and oxygen atoms in total. The van der Waals surface area contributed by atoms with Crippen LogP contribution >= 0.6 is 15.9 Å². The van der Waals surface area contributed by atoms with E-state index in [2.05, 4.69) is 32.6 Å². The number of aryl methyl sites for hydroxylation is 1. The fourth-order valence-corrected chi connectivity index (χ4v) is 3.05. The van der Waals surface area contributed by atoms with Gasteiger partial charge >= 0.3 is 0 Å². The molecule has 3 aromatic rings. The Labute approximate surface area is 166 Å². The standard InChI is InChI=1S/C21H20BrN3O2/c1-3-7-20-24-18-11-10-16(22)13-17(18)21(26)25(20)23-14-15-8-5-6-9-19(15)27-12-4-2/h4-6,8-11,13-14H,2-3,7,12H2,1H3. The van der Waals surface area contributed by atoms with Crippen molar-refractivity contribution in [2.75, 3.05) is 6.61 Å². The number of benzene rings is 2. The van der Waals surface area contributed by atoms with Gasteiger partial charge in [-0.2, -0.15) is 9.78 Å². The Balaban J connectivity index is 2.09. The molecule has 6 heteroatoms. The SMILES string of the molecule is C=CCOc1ccccc1C=Nn1c(CCC)nc2ccc(Br)cc2c1=O. The molecular formula is C21H20BrN3O2. The van der Waals surface area contributed by atoms with Gasteiger partial charge in [-0.05, 0) is 36.8 Å². The van der Waals surface area contributed by atoms with E-state index in [1.165, 1.54) is 4.68 Å². The van der Waals surface area contributed by atoms with Crippen LogP contribution in [0.25, 0.3) is 10.9 Å². The molecule has 27 heavy (non-hydrogen) atoms. The van der Waals surface area contributed by atoms with Crippen LogP contribution in [-0.4, -0.2) is 22.5 Å². The molecule has 0 aliphatic carbocycles. The van der Waals surface area contributed by atoms with E-state index in [0.29, 0.717) is 35.5 Å². The van der Waals surface area contributed by atoms with Gasteiger partial charge < -0.3 is 4.74 Å². The normalized spacial score (nSPS) is 11.2. The molecule has 0 fully saturated rings. The average Bonchev–Trinajstić information content (AvgIpc) is 2.67. The minimum atomic E-state index is -0.189. The van der Waals surface area contributed by atoms with E-state index in [-0.39, 0.29) is 5.56 Å². The number of halogens is 1. The smallest absolute Gasteiger partial charge is 0.282 e. The zero-order valence-corrected chi connectivity index (χ0v) is 16.6. The molecule has 0 spiro atoms. The van der Waals surface area contributed by atoms with Crippen molar-refractivity contribution in [1.29, 1.82) is 0 Å². The topological polar surface area (TPSA) is 56.5 Å². The molecule has 138 valence electrons. The van der Waals surface area contributed by atoms with Gasteiger partial charge in [-0.3, -0.25) is 4.79 Å². The van der Waals surface area contributed by atoms with Crippen molar-refractivity contribution in [1.82, 2.24) is 9.66 Å². The first-order valence-electron chi connectivity index (χ1n) is 8.72. The Kier molecular flexibility index (Phi) is 6.19. The van der Waals surface area contributed by atoms with Crippen molar-refractivity contribution < 1.29 is 4.74 Å². The molecule has 0 saturated heterocycles. The van der Waals surface area contributed by atoms with Crippen molar-refractivity contribution in [2.24, 2.45) is 5.10 Å². The van der Waals surface area contributed by atoms with Crippen molar-refractivity contribution in [3.05, 3.63) is 81.3 Å². The summed E-state index contributed by atoms with van der Waals surface area (Å²) in [5.41, 5.74) is 1.27. The second-order valence-electron chi connectivity index (χ2n) is 5.94. The number of hydrogen-bond donors (Lipinski definition) is 0. The number of aromatic nitrogens is 2. The van der Waals surface area contributed by atoms with E-state index in [9.17, 15) is 4.79 Å².